The molecule has 0 aromatic carbocycles. The highest BCUT2D eigenvalue weighted by Gasteiger charge is 2.41. The van der Waals surface area contributed by atoms with Crippen molar-refractivity contribution in [3.63, 3.8) is 0 Å². The Kier molecular flexibility index (Phi) is 4.39. The standard InChI is InChI=1S/C7H9NO8/c1-8(2(4(9)10)5(11)12)3(6(13)14)7(15)16/h2-3H,1H3,(H,9,10)(H,11,12)(H,13,14)(H,15,16). The zero-order valence-electron chi connectivity index (χ0n) is 8.02. The predicted molar refractivity (Wildman–Crippen MR) is 45.9 cm³/mol. The van der Waals surface area contributed by atoms with E-state index in [1.165, 1.54) is 0 Å². The van der Waals surface area contributed by atoms with Gasteiger partial charge in [0.25, 0.3) is 0 Å². The van der Waals surface area contributed by atoms with Crippen molar-refractivity contribution in [2.75, 3.05) is 7.05 Å². The molecule has 0 heterocycles. The Morgan fingerprint density at radius 1 is 0.750 bits per heavy atom. The predicted octanol–water partition coefficient (Wildman–Crippen LogP) is -2.01. The molecule has 0 aliphatic heterocycles. The first-order chi connectivity index (χ1) is 7.20. The molecule has 0 fully saturated rings. The molecule has 0 atom stereocenters. The summed E-state index contributed by atoms with van der Waals surface area (Å²) in [7, 11) is 0.791. The highest BCUT2D eigenvalue weighted by molar-refractivity contribution is 6.01. The molecule has 0 rings (SSSR count). The largest absolute Gasteiger partial charge is 0.480 e. The second-order valence-electron chi connectivity index (χ2n) is 2.82. The van der Waals surface area contributed by atoms with Crippen molar-refractivity contribution in [2.45, 2.75) is 12.1 Å². The summed E-state index contributed by atoms with van der Waals surface area (Å²) < 4.78 is 0. The summed E-state index contributed by atoms with van der Waals surface area (Å²) in [6.07, 6.45) is 0. The second-order valence-corrected chi connectivity index (χ2v) is 2.82. The molecule has 0 aromatic rings. The van der Waals surface area contributed by atoms with Gasteiger partial charge in [0, 0.05) is 0 Å². The molecule has 0 aliphatic carbocycles. The maximum Gasteiger partial charge on any atom is 0.332 e. The molecule has 0 unspecified atom stereocenters. The minimum atomic E-state index is -2.24. The molecule has 0 radical (unpaired) electrons. The molecule has 0 aliphatic rings. The van der Waals surface area contributed by atoms with Crippen molar-refractivity contribution in [3.8, 4) is 0 Å². The highest BCUT2D eigenvalue weighted by Crippen LogP contribution is 2.05. The number of nitrogens with zero attached hydrogens (tertiary/aromatic N) is 1. The number of likely N-dealkylation sites (N-methyl/N-ethyl adjacent to an activating group) is 1. The molecule has 90 valence electrons. The summed E-state index contributed by atoms with van der Waals surface area (Å²) in [6.45, 7) is 0. The summed E-state index contributed by atoms with van der Waals surface area (Å²) in [6, 6.07) is -4.48. The van der Waals surface area contributed by atoms with E-state index in [0.717, 1.165) is 7.05 Å². The summed E-state index contributed by atoms with van der Waals surface area (Å²) >= 11 is 0. The fourth-order valence-electron chi connectivity index (χ4n) is 1.06. The van der Waals surface area contributed by atoms with E-state index in [-0.39, 0.29) is 4.90 Å². The fourth-order valence-corrected chi connectivity index (χ4v) is 1.06. The molecule has 0 aromatic heterocycles. The van der Waals surface area contributed by atoms with Crippen molar-refractivity contribution in [2.24, 2.45) is 0 Å². The Morgan fingerprint density at radius 2 is 0.938 bits per heavy atom. The van der Waals surface area contributed by atoms with E-state index < -0.39 is 36.0 Å². The molecule has 0 spiro atoms. The van der Waals surface area contributed by atoms with Crippen molar-refractivity contribution in [1.29, 1.82) is 0 Å². The molecule has 9 nitrogen and oxygen atoms in total. The van der Waals surface area contributed by atoms with Gasteiger partial charge in [0.1, 0.15) is 0 Å². The van der Waals surface area contributed by atoms with Crippen LogP contribution in [-0.2, 0) is 19.2 Å². The van der Waals surface area contributed by atoms with Gasteiger partial charge in [0.05, 0.1) is 0 Å². The maximum absolute atomic E-state index is 10.5. The Labute approximate surface area is 88.5 Å². The second kappa shape index (κ2) is 5.07. The van der Waals surface area contributed by atoms with Gasteiger partial charge in [0.2, 0.25) is 12.1 Å². The van der Waals surface area contributed by atoms with E-state index in [4.69, 9.17) is 20.4 Å². The van der Waals surface area contributed by atoms with Crippen LogP contribution in [0.4, 0.5) is 0 Å². The van der Waals surface area contributed by atoms with E-state index in [9.17, 15) is 19.2 Å². The smallest absolute Gasteiger partial charge is 0.332 e. The zero-order chi connectivity index (χ0) is 13.0. The van der Waals surface area contributed by atoms with Gasteiger partial charge in [0.15, 0.2) is 0 Å². The molecule has 0 saturated carbocycles. The van der Waals surface area contributed by atoms with E-state index >= 15 is 0 Å². The van der Waals surface area contributed by atoms with Crippen molar-refractivity contribution in [3.05, 3.63) is 0 Å². The van der Waals surface area contributed by atoms with Crippen molar-refractivity contribution >= 4 is 23.9 Å². The minimum absolute atomic E-state index is 0.231. The van der Waals surface area contributed by atoms with Gasteiger partial charge < -0.3 is 20.4 Å². The summed E-state index contributed by atoms with van der Waals surface area (Å²) in [4.78, 5) is 42.3. The Morgan fingerprint density at radius 3 is 1.06 bits per heavy atom. The van der Waals surface area contributed by atoms with E-state index in [0.29, 0.717) is 0 Å². The van der Waals surface area contributed by atoms with Crippen LogP contribution >= 0.6 is 0 Å². The Bertz CT molecular complexity index is 277. The first-order valence-corrected chi connectivity index (χ1v) is 3.83. The van der Waals surface area contributed by atoms with Crippen LogP contribution in [0.15, 0.2) is 0 Å². The van der Waals surface area contributed by atoms with Gasteiger partial charge >= 0.3 is 23.9 Å². The number of carboxylic acids is 4. The number of carboxylic acid groups (broad SMARTS) is 4. The molecule has 0 amide bonds. The monoisotopic (exact) mass is 235 g/mol. The quantitative estimate of drug-likeness (QED) is 0.382. The summed E-state index contributed by atoms with van der Waals surface area (Å²) in [5.74, 6) is -7.38. The molecule has 4 N–H and O–H groups in total. The number of rotatable bonds is 6. The van der Waals surface area contributed by atoms with Crippen LogP contribution in [0.25, 0.3) is 0 Å². The van der Waals surface area contributed by atoms with E-state index in [1.54, 1.807) is 0 Å². The first kappa shape index (κ1) is 13.8. The normalized spacial score (nSPS) is 10.8. The Hall–Kier alpha value is -2.16. The third-order valence-electron chi connectivity index (χ3n) is 1.75. The zero-order valence-corrected chi connectivity index (χ0v) is 8.02. The highest BCUT2D eigenvalue weighted by atomic mass is 16.4. The van der Waals surface area contributed by atoms with Gasteiger partial charge in [-0.3, -0.25) is 4.90 Å². The average Bonchev–Trinajstić information content (AvgIpc) is 1.99. The van der Waals surface area contributed by atoms with Gasteiger partial charge in [-0.1, -0.05) is 0 Å². The molecule has 0 bridgehead atoms. The number of hydrogen-bond acceptors (Lipinski definition) is 5. The fraction of sp³-hybridized carbons (Fsp3) is 0.429. The first-order valence-electron chi connectivity index (χ1n) is 3.83. The third-order valence-corrected chi connectivity index (χ3v) is 1.75. The topological polar surface area (TPSA) is 152 Å². The van der Waals surface area contributed by atoms with Gasteiger partial charge in [-0.2, -0.15) is 0 Å². The van der Waals surface area contributed by atoms with Crippen LogP contribution in [0, 0.1) is 0 Å². The summed E-state index contributed by atoms with van der Waals surface area (Å²) in [5.41, 5.74) is 0. The van der Waals surface area contributed by atoms with Crippen LogP contribution in [0.5, 0.6) is 0 Å². The van der Waals surface area contributed by atoms with Crippen LogP contribution in [0.2, 0.25) is 0 Å². The number of aliphatic carboxylic acids is 4. The van der Waals surface area contributed by atoms with Crippen LogP contribution in [0.1, 0.15) is 0 Å². The Balaban J connectivity index is 5.18. The average molecular weight is 235 g/mol. The van der Waals surface area contributed by atoms with E-state index in [2.05, 4.69) is 0 Å². The van der Waals surface area contributed by atoms with Crippen molar-refractivity contribution in [1.82, 2.24) is 4.90 Å². The van der Waals surface area contributed by atoms with Crippen LogP contribution < -0.4 is 0 Å². The van der Waals surface area contributed by atoms with E-state index in [1.807, 2.05) is 0 Å². The lowest BCUT2D eigenvalue weighted by Gasteiger charge is -2.24. The van der Waals surface area contributed by atoms with Gasteiger partial charge in [-0.15, -0.1) is 0 Å². The molecular formula is C7H9NO8. The lowest BCUT2D eigenvalue weighted by atomic mass is 10.2. The molecule has 16 heavy (non-hydrogen) atoms. The SMILES string of the molecule is CN(C(C(=O)O)C(=O)O)C(C(=O)O)C(=O)O. The maximum atomic E-state index is 10.5. The van der Waals surface area contributed by atoms with Gasteiger partial charge in [-0.05, 0) is 7.05 Å². The van der Waals surface area contributed by atoms with Crippen LogP contribution in [0.3, 0.4) is 0 Å². The molecule has 0 saturated heterocycles. The lowest BCUT2D eigenvalue weighted by Crippen LogP contribution is -2.55. The van der Waals surface area contributed by atoms with Crippen molar-refractivity contribution < 1.29 is 39.6 Å². The number of carbonyl (C=O) groups is 4. The van der Waals surface area contributed by atoms with Crippen LogP contribution in [-0.4, -0.2) is 68.3 Å². The lowest BCUT2D eigenvalue weighted by molar-refractivity contribution is -0.164. The third kappa shape index (κ3) is 2.92. The summed E-state index contributed by atoms with van der Waals surface area (Å²) in [5, 5.41) is 34.1. The van der Waals surface area contributed by atoms with Gasteiger partial charge in [-0.25, -0.2) is 19.2 Å². The number of hydrogen-bond donors (Lipinski definition) is 4. The molecular weight excluding hydrogens is 226 g/mol. The molecule has 9 heteroatoms. The minimum Gasteiger partial charge on any atom is -0.480 e.